The van der Waals surface area contributed by atoms with Gasteiger partial charge < -0.3 is 14.4 Å². The molecule has 0 spiro atoms. The van der Waals surface area contributed by atoms with Crippen molar-refractivity contribution in [1.82, 2.24) is 10.1 Å². The normalized spacial score (nSPS) is 16.3. The molecule has 6 heteroatoms. The number of carbonyl (C=O) groups is 1. The Balaban J connectivity index is 2.89. The van der Waals surface area contributed by atoms with Crippen LogP contribution in [-0.2, 0) is 9.53 Å². The zero-order valence-corrected chi connectivity index (χ0v) is 12.1. The summed E-state index contributed by atoms with van der Waals surface area (Å²) in [6.07, 6.45) is -0.227. The van der Waals surface area contributed by atoms with Crippen molar-refractivity contribution in [3.05, 3.63) is 11.7 Å². The lowest BCUT2D eigenvalue weighted by Gasteiger charge is -2.16. The Hall–Kier alpha value is -1.43. The van der Waals surface area contributed by atoms with Gasteiger partial charge in [-0.25, -0.2) is 0 Å². The summed E-state index contributed by atoms with van der Waals surface area (Å²) in [6, 6.07) is 0. The second-order valence-corrected chi connectivity index (χ2v) is 5.03. The monoisotopic (exact) mass is 270 g/mol. The van der Waals surface area contributed by atoms with Crippen LogP contribution < -0.4 is 0 Å². The molecule has 108 valence electrons. The molecule has 1 aromatic heterocycles. The van der Waals surface area contributed by atoms with Crippen molar-refractivity contribution in [2.24, 2.45) is 11.8 Å². The second-order valence-electron chi connectivity index (χ2n) is 5.03. The van der Waals surface area contributed by atoms with Crippen LogP contribution >= 0.6 is 0 Å². The van der Waals surface area contributed by atoms with Crippen LogP contribution in [0.2, 0.25) is 0 Å². The summed E-state index contributed by atoms with van der Waals surface area (Å²) in [5.74, 6) is -0.729. The molecule has 0 bridgehead atoms. The molecule has 1 aromatic rings. The first-order chi connectivity index (χ1) is 8.88. The number of carboxylic acid groups (broad SMARTS) is 1. The van der Waals surface area contributed by atoms with Crippen LogP contribution in [0.25, 0.3) is 0 Å². The van der Waals surface area contributed by atoms with E-state index in [9.17, 15) is 4.79 Å². The minimum absolute atomic E-state index is 0.220. The lowest BCUT2D eigenvalue weighted by Crippen LogP contribution is -2.17. The zero-order chi connectivity index (χ0) is 14.6. The van der Waals surface area contributed by atoms with E-state index in [1.807, 2.05) is 20.8 Å². The van der Waals surface area contributed by atoms with E-state index in [0.29, 0.717) is 18.3 Å². The maximum Gasteiger partial charge on any atom is 0.307 e. The molecule has 0 aromatic carbocycles. The van der Waals surface area contributed by atoms with Crippen molar-refractivity contribution in [2.45, 2.75) is 46.6 Å². The number of ether oxygens (including phenoxy) is 1. The minimum Gasteiger partial charge on any atom is -0.481 e. The lowest BCUT2D eigenvalue weighted by molar-refractivity contribution is -0.141. The molecule has 6 nitrogen and oxygen atoms in total. The fourth-order valence-electron chi connectivity index (χ4n) is 1.72. The van der Waals surface area contributed by atoms with Crippen LogP contribution in [0, 0.1) is 11.8 Å². The first kappa shape index (κ1) is 15.6. The smallest absolute Gasteiger partial charge is 0.307 e. The van der Waals surface area contributed by atoms with Gasteiger partial charge in [-0.2, -0.15) is 4.98 Å². The number of carboxylic acids is 1. The van der Waals surface area contributed by atoms with Crippen molar-refractivity contribution < 1.29 is 19.2 Å². The van der Waals surface area contributed by atoms with Gasteiger partial charge >= 0.3 is 5.97 Å². The summed E-state index contributed by atoms with van der Waals surface area (Å²) in [4.78, 5) is 15.2. The van der Waals surface area contributed by atoms with Crippen LogP contribution in [0.4, 0.5) is 0 Å². The Labute approximate surface area is 113 Å². The van der Waals surface area contributed by atoms with Crippen LogP contribution in [0.15, 0.2) is 4.52 Å². The number of rotatable bonds is 7. The van der Waals surface area contributed by atoms with Gasteiger partial charge in [0.15, 0.2) is 0 Å². The number of aromatic nitrogens is 2. The standard InChI is InChI=1S/C13H22N2O4/c1-6-18-10(7(2)3)11-14-12(19-15-11)8(4)9(5)13(16)17/h7-10H,6H2,1-5H3,(H,16,17). The predicted octanol–water partition coefficient (Wildman–Crippen LogP) is 2.63. The molecule has 19 heavy (non-hydrogen) atoms. The third kappa shape index (κ3) is 3.76. The van der Waals surface area contributed by atoms with Crippen LogP contribution in [-0.4, -0.2) is 27.8 Å². The Morgan fingerprint density at radius 3 is 2.47 bits per heavy atom. The van der Waals surface area contributed by atoms with Gasteiger partial charge in [0.25, 0.3) is 0 Å². The SMILES string of the molecule is CCOC(c1noc(C(C)C(C)C(=O)O)n1)C(C)C. The van der Waals surface area contributed by atoms with Gasteiger partial charge in [-0.05, 0) is 12.8 Å². The predicted molar refractivity (Wildman–Crippen MR) is 68.7 cm³/mol. The molecule has 0 amide bonds. The molecule has 1 N–H and O–H groups in total. The first-order valence-electron chi connectivity index (χ1n) is 6.56. The second kappa shape index (κ2) is 6.65. The average Bonchev–Trinajstić information content (AvgIpc) is 2.82. The number of hydrogen-bond donors (Lipinski definition) is 1. The lowest BCUT2D eigenvalue weighted by atomic mass is 9.96. The summed E-state index contributed by atoms with van der Waals surface area (Å²) < 4.78 is 10.8. The highest BCUT2D eigenvalue weighted by molar-refractivity contribution is 5.70. The molecule has 0 fully saturated rings. The number of aliphatic carboxylic acids is 1. The third-order valence-corrected chi connectivity index (χ3v) is 3.19. The summed E-state index contributed by atoms with van der Waals surface area (Å²) in [6.45, 7) is 9.89. The Bertz CT molecular complexity index is 417. The largest absolute Gasteiger partial charge is 0.481 e. The molecule has 0 saturated carbocycles. The number of nitrogens with zero attached hydrogens (tertiary/aromatic N) is 2. The maximum absolute atomic E-state index is 11.0. The van der Waals surface area contributed by atoms with E-state index < -0.39 is 11.9 Å². The molecule has 0 aliphatic heterocycles. The van der Waals surface area contributed by atoms with E-state index >= 15 is 0 Å². The Morgan fingerprint density at radius 2 is 2.00 bits per heavy atom. The van der Waals surface area contributed by atoms with Crippen LogP contribution in [0.5, 0.6) is 0 Å². The molecule has 0 aliphatic rings. The van der Waals surface area contributed by atoms with Gasteiger partial charge in [0.2, 0.25) is 11.7 Å². The van der Waals surface area contributed by atoms with Gasteiger partial charge in [-0.1, -0.05) is 32.9 Å². The number of hydrogen-bond acceptors (Lipinski definition) is 5. The topological polar surface area (TPSA) is 85.5 Å². The highest BCUT2D eigenvalue weighted by Crippen LogP contribution is 2.27. The van der Waals surface area contributed by atoms with E-state index in [0.717, 1.165) is 0 Å². The van der Waals surface area contributed by atoms with E-state index in [4.69, 9.17) is 14.4 Å². The molecule has 3 unspecified atom stereocenters. The fraction of sp³-hybridized carbons (Fsp3) is 0.769. The molecule has 1 rings (SSSR count). The summed E-state index contributed by atoms with van der Waals surface area (Å²) in [5, 5.41) is 12.9. The van der Waals surface area contributed by atoms with Crippen molar-refractivity contribution in [3.63, 3.8) is 0 Å². The van der Waals surface area contributed by atoms with Gasteiger partial charge in [0, 0.05) is 12.5 Å². The maximum atomic E-state index is 11.0. The van der Waals surface area contributed by atoms with E-state index in [1.54, 1.807) is 13.8 Å². The van der Waals surface area contributed by atoms with Crippen LogP contribution in [0.1, 0.15) is 58.4 Å². The summed E-state index contributed by atoms with van der Waals surface area (Å²) >= 11 is 0. The van der Waals surface area contributed by atoms with E-state index in [1.165, 1.54) is 0 Å². The highest BCUT2D eigenvalue weighted by Gasteiger charge is 2.28. The van der Waals surface area contributed by atoms with Gasteiger partial charge in [-0.3, -0.25) is 4.79 Å². The average molecular weight is 270 g/mol. The molecule has 3 atom stereocenters. The van der Waals surface area contributed by atoms with E-state index in [2.05, 4.69) is 10.1 Å². The fourth-order valence-corrected chi connectivity index (χ4v) is 1.72. The van der Waals surface area contributed by atoms with Crippen molar-refractivity contribution in [1.29, 1.82) is 0 Å². The van der Waals surface area contributed by atoms with Crippen molar-refractivity contribution in [2.75, 3.05) is 6.61 Å². The summed E-state index contributed by atoms with van der Waals surface area (Å²) in [7, 11) is 0. The molecule has 1 heterocycles. The molecular formula is C13H22N2O4. The van der Waals surface area contributed by atoms with Crippen LogP contribution in [0.3, 0.4) is 0 Å². The van der Waals surface area contributed by atoms with Gasteiger partial charge in [-0.15, -0.1) is 0 Å². The van der Waals surface area contributed by atoms with Gasteiger partial charge in [0.05, 0.1) is 5.92 Å². The van der Waals surface area contributed by atoms with Crippen molar-refractivity contribution >= 4 is 5.97 Å². The van der Waals surface area contributed by atoms with Crippen molar-refractivity contribution in [3.8, 4) is 0 Å². The summed E-state index contributed by atoms with van der Waals surface area (Å²) in [5.41, 5.74) is 0. The molecule has 0 radical (unpaired) electrons. The Morgan fingerprint density at radius 1 is 1.37 bits per heavy atom. The third-order valence-electron chi connectivity index (χ3n) is 3.19. The first-order valence-corrected chi connectivity index (χ1v) is 6.56. The van der Waals surface area contributed by atoms with E-state index in [-0.39, 0.29) is 17.9 Å². The minimum atomic E-state index is -0.877. The molecule has 0 aliphatic carbocycles. The van der Waals surface area contributed by atoms with Gasteiger partial charge in [0.1, 0.15) is 6.10 Å². The molecular weight excluding hydrogens is 248 g/mol. The zero-order valence-electron chi connectivity index (χ0n) is 12.1. The quantitative estimate of drug-likeness (QED) is 0.819. The Kier molecular flexibility index (Phi) is 5.47. The molecule has 0 saturated heterocycles. The highest BCUT2D eigenvalue weighted by atomic mass is 16.5.